The molecule has 0 saturated heterocycles. The number of phenols is 1. The van der Waals surface area contributed by atoms with Gasteiger partial charge in [0.25, 0.3) is 0 Å². The topological polar surface area (TPSA) is 29.5 Å². The molecule has 3 rings (SSSR count). The molecule has 0 heterocycles. The van der Waals surface area contributed by atoms with Gasteiger partial charge in [0.05, 0.1) is 7.11 Å². The lowest BCUT2D eigenvalue weighted by Crippen LogP contribution is -2.32. The molecule has 0 radical (unpaired) electrons. The van der Waals surface area contributed by atoms with Crippen LogP contribution in [0.25, 0.3) is 0 Å². The second-order valence-corrected chi connectivity index (χ2v) is 6.98. The summed E-state index contributed by atoms with van der Waals surface area (Å²) in [7, 11) is 1.62. The SMILES string of the molecule is COc1cc([C@H]2C[C@H]3C[C@H]2[C@@H](C)C3(C)C)ccc1O. The van der Waals surface area contributed by atoms with E-state index in [0.717, 1.165) is 17.8 Å². The summed E-state index contributed by atoms with van der Waals surface area (Å²) in [6, 6.07) is 5.87. The quantitative estimate of drug-likeness (QED) is 0.864. The fraction of sp³-hybridized carbons (Fsp3) is 0.647. The predicted molar refractivity (Wildman–Crippen MR) is 76.6 cm³/mol. The highest BCUT2D eigenvalue weighted by Gasteiger charge is 2.55. The second-order valence-electron chi connectivity index (χ2n) is 6.98. The van der Waals surface area contributed by atoms with E-state index in [-0.39, 0.29) is 5.75 Å². The van der Waals surface area contributed by atoms with Crippen LogP contribution in [-0.2, 0) is 0 Å². The Hall–Kier alpha value is -1.18. The van der Waals surface area contributed by atoms with Crippen molar-refractivity contribution in [1.82, 2.24) is 0 Å². The van der Waals surface area contributed by atoms with Crippen molar-refractivity contribution < 1.29 is 9.84 Å². The van der Waals surface area contributed by atoms with Crippen LogP contribution >= 0.6 is 0 Å². The van der Waals surface area contributed by atoms with Crippen molar-refractivity contribution >= 4 is 0 Å². The Labute approximate surface area is 115 Å². The molecule has 0 aliphatic heterocycles. The Bertz CT molecular complexity index is 488. The van der Waals surface area contributed by atoms with Crippen LogP contribution in [0, 0.1) is 23.2 Å². The van der Waals surface area contributed by atoms with Gasteiger partial charge in [-0.3, -0.25) is 0 Å². The summed E-state index contributed by atoms with van der Waals surface area (Å²) >= 11 is 0. The molecule has 2 aliphatic carbocycles. The molecule has 2 aliphatic rings. The van der Waals surface area contributed by atoms with Gasteiger partial charge in [-0.1, -0.05) is 26.8 Å². The number of fused-ring (bicyclic) bond motifs is 2. The summed E-state index contributed by atoms with van der Waals surface area (Å²) in [5.41, 5.74) is 1.83. The van der Waals surface area contributed by atoms with Crippen molar-refractivity contribution in [3.8, 4) is 11.5 Å². The molecular formula is C17H24O2. The van der Waals surface area contributed by atoms with Crippen LogP contribution in [0.1, 0.15) is 45.1 Å². The second kappa shape index (κ2) is 4.16. The first kappa shape index (κ1) is 12.8. The average molecular weight is 260 g/mol. The van der Waals surface area contributed by atoms with E-state index in [1.165, 1.54) is 18.4 Å². The highest BCUT2D eigenvalue weighted by atomic mass is 16.5. The van der Waals surface area contributed by atoms with Crippen molar-refractivity contribution in [2.24, 2.45) is 23.2 Å². The molecule has 1 aromatic rings. The molecule has 4 atom stereocenters. The molecule has 0 unspecified atom stereocenters. The third kappa shape index (κ3) is 1.76. The van der Waals surface area contributed by atoms with Gasteiger partial charge in [0.1, 0.15) is 0 Å². The smallest absolute Gasteiger partial charge is 0.160 e. The maximum atomic E-state index is 9.72. The number of ether oxygens (including phenoxy) is 1. The van der Waals surface area contributed by atoms with Gasteiger partial charge in [0.15, 0.2) is 11.5 Å². The summed E-state index contributed by atoms with van der Waals surface area (Å²) in [6.45, 7) is 7.26. The molecule has 1 N–H and O–H groups in total. The predicted octanol–water partition coefficient (Wildman–Crippen LogP) is 4.19. The molecular weight excluding hydrogens is 236 g/mol. The van der Waals surface area contributed by atoms with Gasteiger partial charge in [-0.15, -0.1) is 0 Å². The molecule has 2 bridgehead atoms. The minimum atomic E-state index is 0.239. The summed E-state index contributed by atoms with van der Waals surface area (Å²) < 4.78 is 5.24. The lowest BCUT2D eigenvalue weighted by atomic mass is 9.65. The van der Waals surface area contributed by atoms with Crippen LogP contribution in [0.4, 0.5) is 0 Å². The fourth-order valence-corrected chi connectivity index (χ4v) is 4.46. The molecule has 104 valence electrons. The van der Waals surface area contributed by atoms with Gasteiger partial charge in [0, 0.05) is 0 Å². The Morgan fingerprint density at radius 2 is 2.00 bits per heavy atom. The molecule has 19 heavy (non-hydrogen) atoms. The van der Waals surface area contributed by atoms with Crippen LogP contribution in [0.5, 0.6) is 11.5 Å². The maximum Gasteiger partial charge on any atom is 0.160 e. The van der Waals surface area contributed by atoms with Crippen molar-refractivity contribution in [2.75, 3.05) is 7.11 Å². The van der Waals surface area contributed by atoms with Crippen LogP contribution in [0.2, 0.25) is 0 Å². The van der Waals surface area contributed by atoms with Gasteiger partial charge in [0.2, 0.25) is 0 Å². The Morgan fingerprint density at radius 1 is 1.26 bits per heavy atom. The molecule has 0 aromatic heterocycles. The monoisotopic (exact) mass is 260 g/mol. The number of phenolic OH excluding ortho intramolecular Hbond substituents is 1. The Kier molecular flexibility index (Phi) is 2.81. The minimum absolute atomic E-state index is 0.239. The normalized spacial score (nSPS) is 35.6. The van der Waals surface area contributed by atoms with E-state index in [0.29, 0.717) is 17.1 Å². The highest BCUT2D eigenvalue weighted by molar-refractivity contribution is 5.43. The summed E-state index contributed by atoms with van der Waals surface area (Å²) in [4.78, 5) is 0. The van der Waals surface area contributed by atoms with Crippen molar-refractivity contribution in [2.45, 2.75) is 39.5 Å². The summed E-state index contributed by atoms with van der Waals surface area (Å²) in [6.07, 6.45) is 2.65. The number of hydrogen-bond acceptors (Lipinski definition) is 2. The van der Waals surface area contributed by atoms with Gasteiger partial charge in [-0.05, 0) is 59.6 Å². The first-order valence-corrected chi connectivity index (χ1v) is 7.32. The lowest BCUT2D eigenvalue weighted by Gasteiger charge is -2.40. The number of hydrogen-bond donors (Lipinski definition) is 1. The third-order valence-corrected chi connectivity index (χ3v) is 6.11. The molecule has 2 nitrogen and oxygen atoms in total. The van der Waals surface area contributed by atoms with Crippen molar-refractivity contribution in [3.05, 3.63) is 23.8 Å². The average Bonchev–Trinajstić information content (AvgIpc) is 2.90. The number of rotatable bonds is 2. The van der Waals surface area contributed by atoms with E-state index in [1.54, 1.807) is 13.2 Å². The van der Waals surface area contributed by atoms with E-state index in [2.05, 4.69) is 26.8 Å². The van der Waals surface area contributed by atoms with E-state index in [1.807, 2.05) is 6.07 Å². The van der Waals surface area contributed by atoms with Crippen molar-refractivity contribution in [3.63, 3.8) is 0 Å². The van der Waals surface area contributed by atoms with Crippen LogP contribution < -0.4 is 4.74 Å². The van der Waals surface area contributed by atoms with Gasteiger partial charge < -0.3 is 9.84 Å². The van der Waals surface area contributed by atoms with Gasteiger partial charge in [-0.2, -0.15) is 0 Å². The molecule has 1 aromatic carbocycles. The molecule has 2 heteroatoms. The molecule has 0 amide bonds. The molecule has 2 fully saturated rings. The fourth-order valence-electron chi connectivity index (χ4n) is 4.46. The molecule has 0 spiro atoms. The number of methoxy groups -OCH3 is 1. The molecule has 2 saturated carbocycles. The Balaban J connectivity index is 1.90. The third-order valence-electron chi connectivity index (χ3n) is 6.11. The van der Waals surface area contributed by atoms with Gasteiger partial charge in [-0.25, -0.2) is 0 Å². The first-order valence-electron chi connectivity index (χ1n) is 7.32. The Morgan fingerprint density at radius 3 is 2.58 bits per heavy atom. The zero-order valence-corrected chi connectivity index (χ0v) is 12.3. The highest BCUT2D eigenvalue weighted by Crippen LogP contribution is 2.64. The van der Waals surface area contributed by atoms with Crippen LogP contribution in [0.3, 0.4) is 0 Å². The lowest BCUT2D eigenvalue weighted by molar-refractivity contribution is 0.122. The maximum absolute atomic E-state index is 9.72. The van der Waals surface area contributed by atoms with E-state index in [9.17, 15) is 5.11 Å². The number of benzene rings is 1. The zero-order chi connectivity index (χ0) is 13.8. The van der Waals surface area contributed by atoms with Crippen LogP contribution in [-0.4, -0.2) is 12.2 Å². The van der Waals surface area contributed by atoms with E-state index in [4.69, 9.17) is 4.74 Å². The standard InChI is InChI=1S/C17H24O2/c1-10-13-8-12(17(10,2)3)9-14(13)11-5-6-15(18)16(7-11)19-4/h5-7,10,12-14,18H,8-9H2,1-4H3/t10-,12-,13+,14-/m1/s1. The number of aromatic hydroxyl groups is 1. The van der Waals surface area contributed by atoms with Gasteiger partial charge >= 0.3 is 0 Å². The largest absolute Gasteiger partial charge is 0.504 e. The van der Waals surface area contributed by atoms with Crippen LogP contribution in [0.15, 0.2) is 18.2 Å². The summed E-state index contributed by atoms with van der Waals surface area (Å²) in [5.74, 6) is 3.89. The summed E-state index contributed by atoms with van der Waals surface area (Å²) in [5, 5.41) is 9.72. The van der Waals surface area contributed by atoms with Crippen molar-refractivity contribution in [1.29, 1.82) is 0 Å². The first-order chi connectivity index (χ1) is 8.95. The minimum Gasteiger partial charge on any atom is -0.504 e. The van der Waals surface area contributed by atoms with E-state index >= 15 is 0 Å². The van der Waals surface area contributed by atoms with E-state index < -0.39 is 0 Å². The zero-order valence-electron chi connectivity index (χ0n) is 12.3.